The molecule has 0 atom stereocenters. The van der Waals surface area contributed by atoms with Gasteiger partial charge in [-0.25, -0.2) is 4.98 Å². The number of aromatic amines is 1. The van der Waals surface area contributed by atoms with Gasteiger partial charge >= 0.3 is 0 Å². The van der Waals surface area contributed by atoms with Gasteiger partial charge in [0.15, 0.2) is 0 Å². The molecule has 2 rings (SSSR count). The highest BCUT2D eigenvalue weighted by Gasteiger charge is 1.94. The van der Waals surface area contributed by atoms with Crippen LogP contribution in [-0.2, 0) is 0 Å². The molecule has 0 aliphatic heterocycles. The van der Waals surface area contributed by atoms with Gasteiger partial charge in [-0.1, -0.05) is 29.8 Å². The summed E-state index contributed by atoms with van der Waals surface area (Å²) in [6.07, 6.45) is 7.65. The number of imidazole rings is 1. The van der Waals surface area contributed by atoms with Gasteiger partial charge < -0.3 is 4.98 Å². The molecule has 0 radical (unpaired) electrons. The second-order valence-electron chi connectivity index (χ2n) is 3.67. The van der Waals surface area contributed by atoms with Gasteiger partial charge in [0.25, 0.3) is 0 Å². The van der Waals surface area contributed by atoms with Gasteiger partial charge in [0.05, 0.1) is 0 Å². The lowest BCUT2D eigenvalue weighted by atomic mass is 10.1. The van der Waals surface area contributed by atoms with Crippen LogP contribution in [0.2, 0.25) is 0 Å². The lowest BCUT2D eigenvalue weighted by Gasteiger charge is -2.00. The molecule has 1 heterocycles. The van der Waals surface area contributed by atoms with Crippen LogP contribution in [0.1, 0.15) is 22.5 Å². The number of aryl methyl sites for hydroxylation is 2. The third-order valence-electron chi connectivity index (χ3n) is 2.37. The van der Waals surface area contributed by atoms with Crippen molar-refractivity contribution in [2.45, 2.75) is 13.8 Å². The summed E-state index contributed by atoms with van der Waals surface area (Å²) in [6.45, 7) is 4.21. The fourth-order valence-electron chi connectivity index (χ4n) is 1.48. The number of hydrogen-bond donors (Lipinski definition) is 1. The zero-order valence-corrected chi connectivity index (χ0v) is 8.99. The van der Waals surface area contributed by atoms with Crippen molar-refractivity contribution < 1.29 is 0 Å². The maximum absolute atomic E-state index is 4.14. The normalized spacial score (nSPS) is 11.1. The number of rotatable bonds is 2. The van der Waals surface area contributed by atoms with Gasteiger partial charge in [0, 0.05) is 12.4 Å². The van der Waals surface area contributed by atoms with Crippen LogP contribution in [0.4, 0.5) is 0 Å². The van der Waals surface area contributed by atoms with Crippen LogP contribution in [0.3, 0.4) is 0 Å². The minimum absolute atomic E-state index is 0.885. The average molecular weight is 198 g/mol. The number of benzene rings is 1. The molecule has 1 aromatic carbocycles. The summed E-state index contributed by atoms with van der Waals surface area (Å²) >= 11 is 0. The van der Waals surface area contributed by atoms with E-state index in [4.69, 9.17) is 0 Å². The van der Waals surface area contributed by atoms with Crippen molar-refractivity contribution in [3.63, 3.8) is 0 Å². The predicted molar refractivity (Wildman–Crippen MR) is 63.4 cm³/mol. The molecule has 1 N–H and O–H groups in total. The maximum Gasteiger partial charge on any atom is 0.129 e. The van der Waals surface area contributed by atoms with E-state index >= 15 is 0 Å². The molecule has 2 heteroatoms. The third-order valence-corrected chi connectivity index (χ3v) is 2.37. The van der Waals surface area contributed by atoms with Crippen molar-refractivity contribution in [3.05, 3.63) is 53.1 Å². The number of hydrogen-bond acceptors (Lipinski definition) is 1. The SMILES string of the molecule is Cc1ccc(C)c(C=Cc2ncc[nH]2)c1. The Hall–Kier alpha value is -1.83. The van der Waals surface area contributed by atoms with Crippen LogP contribution < -0.4 is 0 Å². The van der Waals surface area contributed by atoms with Gasteiger partial charge in [0.1, 0.15) is 5.82 Å². The van der Waals surface area contributed by atoms with E-state index in [2.05, 4.69) is 48.1 Å². The zero-order valence-electron chi connectivity index (χ0n) is 8.99. The molecular weight excluding hydrogens is 184 g/mol. The maximum atomic E-state index is 4.14. The number of nitrogens with zero attached hydrogens (tertiary/aromatic N) is 1. The summed E-state index contributed by atoms with van der Waals surface area (Å²) in [5.74, 6) is 0.885. The topological polar surface area (TPSA) is 28.7 Å². The van der Waals surface area contributed by atoms with Crippen LogP contribution in [-0.4, -0.2) is 9.97 Å². The van der Waals surface area contributed by atoms with E-state index < -0.39 is 0 Å². The van der Waals surface area contributed by atoms with Gasteiger partial charge in [0.2, 0.25) is 0 Å². The van der Waals surface area contributed by atoms with E-state index in [1.54, 1.807) is 6.20 Å². The van der Waals surface area contributed by atoms with Gasteiger partial charge in [-0.2, -0.15) is 0 Å². The molecule has 1 aromatic heterocycles. The molecule has 0 fully saturated rings. The van der Waals surface area contributed by atoms with E-state index in [0.717, 1.165) is 5.82 Å². The average Bonchev–Trinajstić information content (AvgIpc) is 2.72. The van der Waals surface area contributed by atoms with Crippen molar-refractivity contribution in [1.82, 2.24) is 9.97 Å². The minimum Gasteiger partial charge on any atom is -0.345 e. The molecule has 76 valence electrons. The molecule has 0 saturated heterocycles. The minimum atomic E-state index is 0.885. The highest BCUT2D eigenvalue weighted by atomic mass is 14.9. The first kappa shape index (κ1) is 9.71. The van der Waals surface area contributed by atoms with Crippen LogP contribution in [0.15, 0.2) is 30.6 Å². The predicted octanol–water partition coefficient (Wildman–Crippen LogP) is 3.20. The monoisotopic (exact) mass is 198 g/mol. The van der Waals surface area contributed by atoms with E-state index in [-0.39, 0.29) is 0 Å². The molecule has 0 aliphatic carbocycles. The highest BCUT2D eigenvalue weighted by Crippen LogP contribution is 2.13. The molecule has 0 aliphatic rings. The van der Waals surface area contributed by atoms with Gasteiger partial charge in [-0.15, -0.1) is 0 Å². The summed E-state index contributed by atoms with van der Waals surface area (Å²) in [5, 5.41) is 0. The zero-order chi connectivity index (χ0) is 10.7. The van der Waals surface area contributed by atoms with Crippen LogP contribution in [0.5, 0.6) is 0 Å². The summed E-state index contributed by atoms with van der Waals surface area (Å²) in [5.41, 5.74) is 3.80. The van der Waals surface area contributed by atoms with Crippen molar-refractivity contribution in [1.29, 1.82) is 0 Å². The Morgan fingerprint density at radius 1 is 1.20 bits per heavy atom. The Morgan fingerprint density at radius 2 is 2.07 bits per heavy atom. The summed E-state index contributed by atoms with van der Waals surface area (Å²) < 4.78 is 0. The van der Waals surface area contributed by atoms with Crippen molar-refractivity contribution >= 4 is 12.2 Å². The molecule has 0 spiro atoms. The first-order valence-electron chi connectivity index (χ1n) is 5.00. The number of nitrogens with one attached hydrogen (secondary N) is 1. The fraction of sp³-hybridized carbons (Fsp3) is 0.154. The Bertz CT molecular complexity index is 467. The molecule has 2 nitrogen and oxygen atoms in total. The standard InChI is InChI=1S/C13H14N2/c1-10-3-4-11(2)12(9-10)5-6-13-14-7-8-15-13/h3-9H,1-2H3,(H,14,15). The molecule has 2 aromatic rings. The van der Waals surface area contributed by atoms with E-state index in [1.807, 2.05) is 12.3 Å². The Kier molecular flexibility index (Phi) is 2.68. The Morgan fingerprint density at radius 3 is 2.80 bits per heavy atom. The molecule has 0 unspecified atom stereocenters. The number of aromatic nitrogens is 2. The lowest BCUT2D eigenvalue weighted by molar-refractivity contribution is 1.27. The molecule has 0 amide bonds. The highest BCUT2D eigenvalue weighted by molar-refractivity contribution is 5.68. The van der Waals surface area contributed by atoms with E-state index in [1.165, 1.54) is 16.7 Å². The molecular formula is C13H14N2. The second kappa shape index (κ2) is 4.13. The first-order valence-corrected chi connectivity index (χ1v) is 5.00. The largest absolute Gasteiger partial charge is 0.345 e. The van der Waals surface area contributed by atoms with Crippen LogP contribution in [0.25, 0.3) is 12.2 Å². The number of H-pyrrole nitrogens is 1. The quantitative estimate of drug-likeness (QED) is 0.788. The third kappa shape index (κ3) is 2.34. The van der Waals surface area contributed by atoms with Crippen molar-refractivity contribution in [3.8, 4) is 0 Å². The van der Waals surface area contributed by atoms with Crippen molar-refractivity contribution in [2.75, 3.05) is 0 Å². The molecule has 15 heavy (non-hydrogen) atoms. The van der Waals surface area contributed by atoms with Crippen LogP contribution in [0, 0.1) is 13.8 Å². The second-order valence-corrected chi connectivity index (χ2v) is 3.67. The summed E-state index contributed by atoms with van der Waals surface area (Å²) in [6, 6.07) is 6.44. The van der Waals surface area contributed by atoms with E-state index in [9.17, 15) is 0 Å². The lowest BCUT2D eigenvalue weighted by Crippen LogP contribution is -1.82. The van der Waals surface area contributed by atoms with E-state index in [0.29, 0.717) is 0 Å². The Balaban J connectivity index is 2.27. The molecule has 0 bridgehead atoms. The van der Waals surface area contributed by atoms with Crippen LogP contribution >= 0.6 is 0 Å². The van der Waals surface area contributed by atoms with Gasteiger partial charge in [-0.05, 0) is 31.1 Å². The Labute approximate surface area is 89.7 Å². The summed E-state index contributed by atoms with van der Waals surface area (Å²) in [7, 11) is 0. The molecule has 0 saturated carbocycles. The first-order chi connectivity index (χ1) is 7.25. The van der Waals surface area contributed by atoms with Crippen molar-refractivity contribution in [2.24, 2.45) is 0 Å². The van der Waals surface area contributed by atoms with Gasteiger partial charge in [-0.3, -0.25) is 0 Å². The smallest absolute Gasteiger partial charge is 0.129 e. The fourth-order valence-corrected chi connectivity index (χ4v) is 1.48. The summed E-state index contributed by atoms with van der Waals surface area (Å²) in [4.78, 5) is 7.18.